The van der Waals surface area contributed by atoms with E-state index in [0.29, 0.717) is 35.7 Å². The van der Waals surface area contributed by atoms with Crippen molar-refractivity contribution in [2.45, 2.75) is 40.5 Å². The van der Waals surface area contributed by atoms with Crippen LogP contribution >= 0.6 is 0 Å². The molecule has 1 aromatic carbocycles. The molecule has 31 heavy (non-hydrogen) atoms. The van der Waals surface area contributed by atoms with Crippen molar-refractivity contribution in [1.82, 2.24) is 19.6 Å². The third-order valence-electron chi connectivity index (χ3n) is 5.67. The number of aromatic nitrogens is 4. The number of benzene rings is 1. The number of anilines is 1. The van der Waals surface area contributed by atoms with Crippen LogP contribution in [0.2, 0.25) is 0 Å². The summed E-state index contributed by atoms with van der Waals surface area (Å²) in [4.78, 5) is 21.9. The normalized spacial score (nSPS) is 12.6. The van der Waals surface area contributed by atoms with Gasteiger partial charge in [0.15, 0.2) is 22.8 Å². The highest BCUT2D eigenvalue weighted by molar-refractivity contribution is 5.93. The number of rotatable bonds is 4. The smallest absolute Gasteiger partial charge is 0.231 e. The number of fused-ring (bicyclic) bond motifs is 4. The number of hydrogen-bond donors (Lipinski definition) is 1. The fourth-order valence-electron chi connectivity index (χ4n) is 4.16. The quantitative estimate of drug-likeness (QED) is 0.543. The number of hydrogen-bond acceptors (Lipinski definition) is 6. The first-order valence-corrected chi connectivity index (χ1v) is 10.2. The number of pyridine rings is 1. The minimum atomic E-state index is -0.0727. The van der Waals surface area contributed by atoms with Crippen LogP contribution in [0.1, 0.15) is 34.6 Å². The lowest BCUT2D eigenvalue weighted by atomic mass is 10.1. The summed E-state index contributed by atoms with van der Waals surface area (Å²) in [5, 5.41) is 8.58. The van der Waals surface area contributed by atoms with Crippen LogP contribution in [0.4, 0.5) is 5.69 Å². The first kappa shape index (κ1) is 19.3. The molecule has 0 unspecified atom stereocenters. The average molecular weight is 417 g/mol. The van der Waals surface area contributed by atoms with Gasteiger partial charge < -0.3 is 14.8 Å². The molecule has 1 aliphatic heterocycles. The van der Waals surface area contributed by atoms with E-state index in [4.69, 9.17) is 14.5 Å². The first-order valence-electron chi connectivity index (χ1n) is 10.2. The van der Waals surface area contributed by atoms with E-state index in [-0.39, 0.29) is 12.7 Å². The molecular formula is C23H23N5O3. The Morgan fingerprint density at radius 1 is 1.10 bits per heavy atom. The molecule has 1 amide bonds. The van der Waals surface area contributed by atoms with Crippen molar-refractivity contribution in [2.24, 2.45) is 0 Å². The molecule has 0 radical (unpaired) electrons. The zero-order valence-corrected chi connectivity index (χ0v) is 17.9. The van der Waals surface area contributed by atoms with Gasteiger partial charge in [-0.1, -0.05) is 0 Å². The van der Waals surface area contributed by atoms with Crippen molar-refractivity contribution in [2.75, 3.05) is 12.1 Å². The van der Waals surface area contributed by atoms with Crippen LogP contribution in [-0.2, 0) is 11.2 Å². The summed E-state index contributed by atoms with van der Waals surface area (Å²) in [6, 6.07) is 7.42. The van der Waals surface area contributed by atoms with Crippen molar-refractivity contribution in [1.29, 1.82) is 0 Å². The van der Waals surface area contributed by atoms with Gasteiger partial charge in [-0.05, 0) is 63.4 Å². The number of ether oxygens (including phenoxy) is 2. The Balaban J connectivity index is 1.39. The molecule has 4 heterocycles. The van der Waals surface area contributed by atoms with E-state index in [1.54, 1.807) is 12.1 Å². The Morgan fingerprint density at radius 3 is 2.74 bits per heavy atom. The van der Waals surface area contributed by atoms with Gasteiger partial charge in [-0.3, -0.25) is 4.79 Å². The molecule has 1 aliphatic rings. The maximum absolute atomic E-state index is 12.6. The Hall–Kier alpha value is -3.68. The lowest BCUT2D eigenvalue weighted by molar-refractivity contribution is -0.116. The first-order chi connectivity index (χ1) is 14.9. The van der Waals surface area contributed by atoms with Crippen LogP contribution in [0, 0.1) is 27.7 Å². The van der Waals surface area contributed by atoms with E-state index in [9.17, 15) is 4.79 Å². The molecule has 8 nitrogen and oxygen atoms in total. The van der Waals surface area contributed by atoms with E-state index in [1.165, 1.54) is 0 Å². The van der Waals surface area contributed by atoms with Crippen molar-refractivity contribution in [3.63, 3.8) is 0 Å². The van der Waals surface area contributed by atoms with E-state index >= 15 is 0 Å². The molecule has 0 atom stereocenters. The van der Waals surface area contributed by atoms with Gasteiger partial charge in [0.25, 0.3) is 0 Å². The largest absolute Gasteiger partial charge is 0.454 e. The second-order valence-electron chi connectivity index (χ2n) is 7.89. The molecule has 8 heteroatoms. The SMILES string of the molecule is Cc1cc(C)c2c(n1)nn1c(C)c(CCC(=O)Nc3ccc4c(c3)OCO4)c(C)nc21. The molecule has 3 aromatic heterocycles. The summed E-state index contributed by atoms with van der Waals surface area (Å²) >= 11 is 0. The highest BCUT2D eigenvalue weighted by Gasteiger charge is 2.18. The predicted molar refractivity (Wildman–Crippen MR) is 117 cm³/mol. The van der Waals surface area contributed by atoms with Crippen LogP contribution in [-0.4, -0.2) is 32.3 Å². The van der Waals surface area contributed by atoms with Gasteiger partial charge in [0.2, 0.25) is 12.7 Å². The summed E-state index contributed by atoms with van der Waals surface area (Å²) in [5.74, 6) is 1.26. The lowest BCUT2D eigenvalue weighted by Crippen LogP contribution is -2.14. The second kappa shape index (κ2) is 7.23. The molecule has 158 valence electrons. The van der Waals surface area contributed by atoms with Gasteiger partial charge in [-0.2, -0.15) is 0 Å². The molecule has 0 fully saturated rings. The van der Waals surface area contributed by atoms with Crippen molar-refractivity contribution in [3.8, 4) is 11.5 Å². The highest BCUT2D eigenvalue weighted by Crippen LogP contribution is 2.34. The fraction of sp³-hybridized carbons (Fsp3) is 0.304. The van der Waals surface area contributed by atoms with Gasteiger partial charge in [-0.25, -0.2) is 14.5 Å². The molecule has 0 saturated carbocycles. The summed E-state index contributed by atoms with van der Waals surface area (Å²) in [6.45, 7) is 8.22. The second-order valence-corrected chi connectivity index (χ2v) is 7.89. The molecule has 0 bridgehead atoms. The summed E-state index contributed by atoms with van der Waals surface area (Å²) in [7, 11) is 0. The molecule has 1 N–H and O–H groups in total. The molecule has 5 rings (SSSR count). The van der Waals surface area contributed by atoms with Crippen molar-refractivity contribution >= 4 is 28.3 Å². The zero-order valence-electron chi connectivity index (χ0n) is 17.9. The van der Waals surface area contributed by atoms with Crippen LogP contribution in [0.5, 0.6) is 11.5 Å². The fourth-order valence-corrected chi connectivity index (χ4v) is 4.16. The minimum Gasteiger partial charge on any atom is -0.454 e. The Labute approximate surface area is 179 Å². The molecule has 0 spiro atoms. The lowest BCUT2D eigenvalue weighted by Gasteiger charge is -2.11. The van der Waals surface area contributed by atoms with E-state index in [0.717, 1.165) is 39.2 Å². The summed E-state index contributed by atoms with van der Waals surface area (Å²) < 4.78 is 12.5. The predicted octanol–water partition coefficient (Wildman–Crippen LogP) is 3.81. The van der Waals surface area contributed by atoms with Crippen LogP contribution in [0.25, 0.3) is 16.7 Å². The van der Waals surface area contributed by atoms with Gasteiger partial charge in [0.05, 0.1) is 5.39 Å². The van der Waals surface area contributed by atoms with E-state index in [1.807, 2.05) is 37.4 Å². The average Bonchev–Trinajstić information content (AvgIpc) is 3.31. The molecule has 0 saturated heterocycles. The topological polar surface area (TPSA) is 90.6 Å². The van der Waals surface area contributed by atoms with Crippen LogP contribution in [0.3, 0.4) is 0 Å². The van der Waals surface area contributed by atoms with Gasteiger partial charge in [0.1, 0.15) is 0 Å². The number of nitrogens with one attached hydrogen (secondary N) is 1. The van der Waals surface area contributed by atoms with Gasteiger partial charge in [0, 0.05) is 35.3 Å². The number of amides is 1. The maximum Gasteiger partial charge on any atom is 0.231 e. The molecular weight excluding hydrogens is 394 g/mol. The van der Waals surface area contributed by atoms with E-state index in [2.05, 4.69) is 22.3 Å². The monoisotopic (exact) mass is 417 g/mol. The standard InChI is InChI=1S/C23H23N5O3/c1-12-9-13(2)24-22-21(12)23-25-14(3)17(15(4)28(23)27-22)6-8-20(29)26-16-5-7-18-19(10-16)31-11-30-18/h5,7,9-10H,6,8,11H2,1-4H3,(H,26,29). The third kappa shape index (κ3) is 3.34. The molecule has 0 aliphatic carbocycles. The van der Waals surface area contributed by atoms with Gasteiger partial charge >= 0.3 is 0 Å². The summed E-state index contributed by atoms with van der Waals surface area (Å²) in [5.41, 5.74) is 7.15. The Morgan fingerprint density at radius 2 is 1.90 bits per heavy atom. The van der Waals surface area contributed by atoms with E-state index < -0.39 is 0 Å². The van der Waals surface area contributed by atoms with Crippen LogP contribution < -0.4 is 14.8 Å². The zero-order chi connectivity index (χ0) is 21.7. The van der Waals surface area contributed by atoms with Crippen molar-refractivity contribution in [3.05, 3.63) is 52.5 Å². The number of carbonyl (C=O) groups excluding carboxylic acids is 1. The highest BCUT2D eigenvalue weighted by atomic mass is 16.7. The summed E-state index contributed by atoms with van der Waals surface area (Å²) in [6.07, 6.45) is 0.902. The van der Waals surface area contributed by atoms with Crippen molar-refractivity contribution < 1.29 is 14.3 Å². The Bertz CT molecular complexity index is 1360. The van der Waals surface area contributed by atoms with Gasteiger partial charge in [-0.15, -0.1) is 5.10 Å². The number of aryl methyl sites for hydroxylation is 4. The van der Waals surface area contributed by atoms with Crippen LogP contribution in [0.15, 0.2) is 24.3 Å². The maximum atomic E-state index is 12.6. The number of carbonyl (C=O) groups is 1. The minimum absolute atomic E-state index is 0.0727. The molecule has 4 aromatic rings. The number of nitrogens with zero attached hydrogens (tertiary/aromatic N) is 4. The third-order valence-corrected chi connectivity index (χ3v) is 5.67. The Kier molecular flexibility index (Phi) is 4.50.